The molecule has 0 saturated heterocycles. The lowest BCUT2D eigenvalue weighted by Gasteiger charge is -2.20. The Morgan fingerprint density at radius 1 is 1.20 bits per heavy atom. The highest BCUT2D eigenvalue weighted by molar-refractivity contribution is 5.32. The van der Waals surface area contributed by atoms with Crippen molar-refractivity contribution in [2.45, 2.75) is 26.2 Å². The third-order valence-electron chi connectivity index (χ3n) is 3.76. The zero-order chi connectivity index (χ0) is 14.5. The number of hydrogen-bond donors (Lipinski definition) is 1. The minimum absolute atomic E-state index is 0.138. The van der Waals surface area contributed by atoms with Crippen molar-refractivity contribution in [2.24, 2.45) is 0 Å². The third kappa shape index (κ3) is 3.23. The Morgan fingerprint density at radius 3 is 2.70 bits per heavy atom. The summed E-state index contributed by atoms with van der Waals surface area (Å²) in [5.41, 5.74) is 4.06. The molecule has 1 heterocycles. The molecule has 1 atom stereocenters. The van der Waals surface area contributed by atoms with E-state index in [0.717, 1.165) is 29.8 Å². The fourth-order valence-corrected chi connectivity index (χ4v) is 2.57. The highest BCUT2D eigenvalue weighted by Crippen LogP contribution is 2.25. The lowest BCUT2D eigenvalue weighted by atomic mass is 9.89. The van der Waals surface area contributed by atoms with Gasteiger partial charge in [0.15, 0.2) is 0 Å². The largest absolute Gasteiger partial charge is 0.319 e. The summed E-state index contributed by atoms with van der Waals surface area (Å²) in [4.78, 5) is 4.46. The number of benzene rings is 1. The second-order valence-electron chi connectivity index (χ2n) is 5.18. The molecule has 3 heteroatoms. The van der Waals surface area contributed by atoms with Crippen molar-refractivity contribution in [2.75, 3.05) is 13.6 Å². The van der Waals surface area contributed by atoms with E-state index in [9.17, 15) is 4.39 Å². The smallest absolute Gasteiger partial charge is 0.126 e. The molecular formula is C17H21FN2. The number of aromatic nitrogens is 1. The van der Waals surface area contributed by atoms with Crippen molar-refractivity contribution in [3.8, 4) is 0 Å². The molecule has 0 aliphatic rings. The van der Waals surface area contributed by atoms with Crippen LogP contribution in [-0.4, -0.2) is 18.6 Å². The summed E-state index contributed by atoms with van der Waals surface area (Å²) in [6.45, 7) is 4.72. The van der Waals surface area contributed by atoms with Crippen LogP contribution in [0.15, 0.2) is 36.5 Å². The van der Waals surface area contributed by atoms with Gasteiger partial charge in [0.25, 0.3) is 0 Å². The molecular weight excluding hydrogens is 251 g/mol. The molecule has 0 fully saturated rings. The first kappa shape index (κ1) is 14.7. The highest BCUT2D eigenvalue weighted by atomic mass is 19.1. The molecule has 0 amide bonds. The van der Waals surface area contributed by atoms with Gasteiger partial charge in [0.2, 0.25) is 0 Å². The average molecular weight is 272 g/mol. The molecule has 0 spiro atoms. The first-order chi connectivity index (χ1) is 9.63. The van der Waals surface area contributed by atoms with Gasteiger partial charge in [-0.2, -0.15) is 0 Å². The number of likely N-dealkylation sites (N-methyl/N-ethyl adjacent to an activating group) is 1. The Hall–Kier alpha value is -1.74. The van der Waals surface area contributed by atoms with E-state index in [1.165, 1.54) is 11.6 Å². The normalized spacial score (nSPS) is 12.4. The van der Waals surface area contributed by atoms with E-state index in [-0.39, 0.29) is 11.7 Å². The lowest BCUT2D eigenvalue weighted by molar-refractivity contribution is 0.586. The number of halogens is 1. The lowest BCUT2D eigenvalue weighted by Crippen LogP contribution is -2.21. The standard InChI is InChI=1S/C17H21FN2/c1-12-6-5-9-20-17(12)10-14(11-19-3)15-7-4-8-16(18)13(15)2/h4-9,14,19H,10-11H2,1-3H3/t14-/m0/s1. The fraction of sp³-hybridized carbons (Fsp3) is 0.353. The van der Waals surface area contributed by atoms with Gasteiger partial charge in [-0.25, -0.2) is 4.39 Å². The van der Waals surface area contributed by atoms with Crippen LogP contribution in [0.1, 0.15) is 28.3 Å². The molecule has 0 bridgehead atoms. The van der Waals surface area contributed by atoms with Crippen LogP contribution in [0.25, 0.3) is 0 Å². The second kappa shape index (κ2) is 6.62. The summed E-state index contributed by atoms with van der Waals surface area (Å²) in [5.74, 6) is 0.0886. The number of aryl methyl sites for hydroxylation is 1. The minimum atomic E-state index is -0.138. The summed E-state index contributed by atoms with van der Waals surface area (Å²) < 4.78 is 13.8. The van der Waals surface area contributed by atoms with Crippen LogP contribution in [0.2, 0.25) is 0 Å². The molecule has 0 aliphatic heterocycles. The zero-order valence-electron chi connectivity index (χ0n) is 12.3. The van der Waals surface area contributed by atoms with Crippen molar-refractivity contribution in [3.63, 3.8) is 0 Å². The third-order valence-corrected chi connectivity index (χ3v) is 3.76. The maximum Gasteiger partial charge on any atom is 0.126 e. The molecule has 106 valence electrons. The van der Waals surface area contributed by atoms with Gasteiger partial charge >= 0.3 is 0 Å². The van der Waals surface area contributed by atoms with Gasteiger partial charge in [-0.15, -0.1) is 0 Å². The Bertz CT molecular complexity index is 581. The van der Waals surface area contributed by atoms with E-state index >= 15 is 0 Å². The van der Waals surface area contributed by atoms with E-state index in [2.05, 4.69) is 23.3 Å². The van der Waals surface area contributed by atoms with Crippen molar-refractivity contribution >= 4 is 0 Å². The van der Waals surface area contributed by atoms with Crippen molar-refractivity contribution in [1.29, 1.82) is 0 Å². The molecule has 2 aromatic rings. The first-order valence-corrected chi connectivity index (χ1v) is 6.93. The minimum Gasteiger partial charge on any atom is -0.319 e. The molecule has 0 saturated carbocycles. The Kier molecular flexibility index (Phi) is 4.85. The van der Waals surface area contributed by atoms with Crippen molar-refractivity contribution < 1.29 is 4.39 Å². The summed E-state index contributed by atoms with van der Waals surface area (Å²) >= 11 is 0. The average Bonchev–Trinajstić information content (AvgIpc) is 2.44. The van der Waals surface area contributed by atoms with Crippen LogP contribution in [0.3, 0.4) is 0 Å². The quantitative estimate of drug-likeness (QED) is 0.902. The van der Waals surface area contributed by atoms with Crippen LogP contribution >= 0.6 is 0 Å². The summed E-state index contributed by atoms with van der Waals surface area (Å²) in [5, 5.41) is 3.20. The van der Waals surface area contributed by atoms with Crippen molar-refractivity contribution in [3.05, 3.63) is 64.7 Å². The van der Waals surface area contributed by atoms with Crippen LogP contribution in [0.4, 0.5) is 4.39 Å². The van der Waals surface area contributed by atoms with E-state index < -0.39 is 0 Å². The maximum atomic E-state index is 13.8. The van der Waals surface area contributed by atoms with Crippen LogP contribution in [0, 0.1) is 19.7 Å². The zero-order valence-corrected chi connectivity index (χ0v) is 12.3. The van der Waals surface area contributed by atoms with Crippen LogP contribution < -0.4 is 5.32 Å². The molecule has 1 N–H and O–H groups in total. The van der Waals surface area contributed by atoms with E-state index in [1.54, 1.807) is 6.07 Å². The second-order valence-corrected chi connectivity index (χ2v) is 5.18. The molecule has 1 aromatic heterocycles. The number of rotatable bonds is 5. The molecule has 20 heavy (non-hydrogen) atoms. The Balaban J connectivity index is 2.32. The molecule has 0 radical (unpaired) electrons. The predicted octanol–water partition coefficient (Wildman–Crippen LogP) is 3.38. The van der Waals surface area contributed by atoms with E-state index in [1.807, 2.05) is 32.3 Å². The van der Waals surface area contributed by atoms with Gasteiger partial charge in [-0.1, -0.05) is 18.2 Å². The topological polar surface area (TPSA) is 24.9 Å². The molecule has 1 aromatic carbocycles. The maximum absolute atomic E-state index is 13.8. The van der Waals surface area contributed by atoms with Gasteiger partial charge in [0.1, 0.15) is 5.82 Å². The van der Waals surface area contributed by atoms with Gasteiger partial charge in [-0.3, -0.25) is 4.98 Å². The first-order valence-electron chi connectivity index (χ1n) is 6.93. The summed E-state index contributed by atoms with van der Waals surface area (Å²) in [6.07, 6.45) is 2.63. The van der Waals surface area contributed by atoms with E-state index in [4.69, 9.17) is 0 Å². The van der Waals surface area contributed by atoms with E-state index in [0.29, 0.717) is 0 Å². The summed E-state index contributed by atoms with van der Waals surface area (Å²) in [6, 6.07) is 9.32. The highest BCUT2D eigenvalue weighted by Gasteiger charge is 2.17. The van der Waals surface area contributed by atoms with Gasteiger partial charge < -0.3 is 5.32 Å². The van der Waals surface area contributed by atoms with Crippen LogP contribution in [-0.2, 0) is 6.42 Å². The Labute approximate surface area is 120 Å². The van der Waals surface area contributed by atoms with Gasteiger partial charge in [-0.05, 0) is 56.1 Å². The molecule has 0 aliphatic carbocycles. The Morgan fingerprint density at radius 2 is 2.00 bits per heavy atom. The molecule has 2 nitrogen and oxygen atoms in total. The van der Waals surface area contributed by atoms with Crippen molar-refractivity contribution in [1.82, 2.24) is 10.3 Å². The monoisotopic (exact) mass is 272 g/mol. The number of pyridine rings is 1. The summed E-state index contributed by atoms with van der Waals surface area (Å²) in [7, 11) is 1.92. The number of nitrogens with zero attached hydrogens (tertiary/aromatic N) is 1. The molecule has 0 unspecified atom stereocenters. The molecule has 2 rings (SSSR count). The van der Waals surface area contributed by atoms with Gasteiger partial charge in [0, 0.05) is 24.4 Å². The number of nitrogens with one attached hydrogen (secondary N) is 1. The van der Waals surface area contributed by atoms with Gasteiger partial charge in [0.05, 0.1) is 0 Å². The van der Waals surface area contributed by atoms with Crippen LogP contribution in [0.5, 0.6) is 0 Å². The predicted molar refractivity (Wildman–Crippen MR) is 80.5 cm³/mol. The number of hydrogen-bond acceptors (Lipinski definition) is 2. The SMILES string of the molecule is CNC[C@H](Cc1ncccc1C)c1cccc(F)c1C. The fourth-order valence-electron chi connectivity index (χ4n) is 2.57.